The van der Waals surface area contributed by atoms with Gasteiger partial charge in [-0.05, 0) is 30.2 Å². The third-order valence-electron chi connectivity index (χ3n) is 2.97. The second-order valence-corrected chi connectivity index (χ2v) is 4.15. The van der Waals surface area contributed by atoms with E-state index < -0.39 is 0 Å². The number of nitriles is 1. The van der Waals surface area contributed by atoms with E-state index in [0.717, 1.165) is 31.8 Å². The Kier molecular flexibility index (Phi) is 3.79. The lowest BCUT2D eigenvalue weighted by molar-refractivity contribution is 0.222. The molecule has 0 amide bonds. The molecule has 88 valence electrons. The lowest BCUT2D eigenvalue weighted by Gasteiger charge is -2.28. The number of anilines is 1. The Labute approximate surface area is 102 Å². The zero-order valence-electron chi connectivity index (χ0n) is 10.0. The average molecular weight is 228 g/mol. The monoisotopic (exact) mass is 228 g/mol. The van der Waals surface area contributed by atoms with Crippen LogP contribution in [0.15, 0.2) is 35.9 Å². The maximum atomic E-state index is 8.88. The zero-order valence-corrected chi connectivity index (χ0v) is 10.0. The van der Waals surface area contributed by atoms with E-state index >= 15 is 0 Å². The van der Waals surface area contributed by atoms with Crippen molar-refractivity contribution in [3.8, 4) is 6.07 Å². The van der Waals surface area contributed by atoms with E-state index in [1.54, 1.807) is 7.11 Å². The third kappa shape index (κ3) is 2.86. The van der Waals surface area contributed by atoms with Crippen LogP contribution in [0.25, 0.3) is 0 Å². The summed E-state index contributed by atoms with van der Waals surface area (Å²) in [6.45, 7) is 2.61. The van der Waals surface area contributed by atoms with Crippen LogP contribution in [0.3, 0.4) is 0 Å². The summed E-state index contributed by atoms with van der Waals surface area (Å²) < 4.78 is 5.13. The maximum Gasteiger partial charge on any atom is 0.0992 e. The molecule has 0 spiro atoms. The fourth-order valence-corrected chi connectivity index (χ4v) is 2.03. The lowest BCUT2D eigenvalue weighted by Crippen LogP contribution is -2.29. The minimum atomic E-state index is 0.717. The minimum absolute atomic E-state index is 0.717. The fraction of sp³-hybridized carbons (Fsp3) is 0.357. The molecule has 3 heteroatoms. The summed E-state index contributed by atoms with van der Waals surface area (Å²) in [6.07, 6.45) is 3.25. The van der Waals surface area contributed by atoms with E-state index in [-0.39, 0.29) is 0 Å². The molecular weight excluding hydrogens is 212 g/mol. The van der Waals surface area contributed by atoms with Gasteiger partial charge in [-0.3, -0.25) is 0 Å². The van der Waals surface area contributed by atoms with Crippen LogP contribution in [-0.4, -0.2) is 26.8 Å². The van der Waals surface area contributed by atoms with Gasteiger partial charge in [0.05, 0.1) is 18.2 Å². The van der Waals surface area contributed by atoms with Crippen LogP contribution in [0, 0.1) is 11.3 Å². The Balaban J connectivity index is 2.08. The molecule has 0 unspecified atom stereocenters. The first kappa shape index (κ1) is 11.7. The van der Waals surface area contributed by atoms with Gasteiger partial charge < -0.3 is 9.64 Å². The Morgan fingerprint density at radius 1 is 1.47 bits per heavy atom. The van der Waals surface area contributed by atoms with Gasteiger partial charge in [0.25, 0.3) is 0 Å². The van der Waals surface area contributed by atoms with Crippen molar-refractivity contribution >= 4 is 5.69 Å². The minimum Gasteiger partial charge on any atom is -0.380 e. The van der Waals surface area contributed by atoms with Crippen LogP contribution in [-0.2, 0) is 4.74 Å². The van der Waals surface area contributed by atoms with Gasteiger partial charge >= 0.3 is 0 Å². The molecule has 3 nitrogen and oxygen atoms in total. The summed E-state index contributed by atoms with van der Waals surface area (Å²) in [5, 5.41) is 8.88. The van der Waals surface area contributed by atoms with E-state index in [2.05, 4.69) is 23.1 Å². The zero-order chi connectivity index (χ0) is 12.1. The normalized spacial score (nSPS) is 15.3. The molecule has 1 aromatic carbocycles. The molecule has 2 rings (SSSR count). The Hall–Kier alpha value is -1.79. The number of benzene rings is 1. The fourth-order valence-electron chi connectivity index (χ4n) is 2.03. The molecule has 1 heterocycles. The number of nitrogens with zero attached hydrogens (tertiary/aromatic N) is 2. The molecule has 0 atom stereocenters. The van der Waals surface area contributed by atoms with Crippen LogP contribution in [0.2, 0.25) is 0 Å². The Bertz CT molecular complexity index is 460. The highest BCUT2D eigenvalue weighted by Gasteiger charge is 2.12. The summed E-state index contributed by atoms with van der Waals surface area (Å²) in [6, 6.07) is 9.93. The van der Waals surface area contributed by atoms with E-state index in [1.165, 1.54) is 5.57 Å². The van der Waals surface area contributed by atoms with E-state index in [4.69, 9.17) is 10.00 Å². The number of ether oxygens (including phenoxy) is 1. The largest absolute Gasteiger partial charge is 0.380 e. The molecule has 0 saturated heterocycles. The molecular formula is C14H16N2O. The molecule has 0 fully saturated rings. The van der Waals surface area contributed by atoms with Crippen LogP contribution in [0.1, 0.15) is 12.0 Å². The summed E-state index contributed by atoms with van der Waals surface area (Å²) in [5.41, 5.74) is 3.20. The quantitative estimate of drug-likeness (QED) is 0.745. The van der Waals surface area contributed by atoms with Crippen LogP contribution in [0.5, 0.6) is 0 Å². The van der Waals surface area contributed by atoms with Gasteiger partial charge in [-0.2, -0.15) is 5.26 Å². The molecule has 0 saturated carbocycles. The van der Waals surface area contributed by atoms with Crippen LogP contribution >= 0.6 is 0 Å². The Morgan fingerprint density at radius 3 is 3.00 bits per heavy atom. The predicted octanol–water partition coefficient (Wildman–Crippen LogP) is 2.34. The number of hydrogen-bond donors (Lipinski definition) is 0. The summed E-state index contributed by atoms with van der Waals surface area (Å²) in [4.78, 5) is 2.28. The van der Waals surface area contributed by atoms with Crippen LogP contribution < -0.4 is 4.90 Å². The van der Waals surface area contributed by atoms with Crippen molar-refractivity contribution in [3.63, 3.8) is 0 Å². The van der Waals surface area contributed by atoms with Crippen molar-refractivity contribution in [2.45, 2.75) is 6.42 Å². The van der Waals surface area contributed by atoms with Crippen molar-refractivity contribution in [2.75, 3.05) is 31.7 Å². The van der Waals surface area contributed by atoms with Crippen molar-refractivity contribution in [3.05, 3.63) is 41.5 Å². The number of methoxy groups -OCH3 is 1. The highest BCUT2D eigenvalue weighted by molar-refractivity contribution is 5.52. The molecule has 0 bridgehead atoms. The molecule has 0 radical (unpaired) electrons. The van der Waals surface area contributed by atoms with E-state index in [0.29, 0.717) is 5.56 Å². The summed E-state index contributed by atoms with van der Waals surface area (Å²) in [7, 11) is 1.73. The van der Waals surface area contributed by atoms with Crippen molar-refractivity contribution in [1.29, 1.82) is 5.26 Å². The van der Waals surface area contributed by atoms with Crippen molar-refractivity contribution < 1.29 is 4.74 Å². The van der Waals surface area contributed by atoms with E-state index in [1.807, 2.05) is 18.2 Å². The standard InChI is InChI=1S/C14H16N2O/c1-17-11-12-5-7-16(8-6-12)14-4-2-3-13(9-14)10-15/h2-5,9H,6-8,11H2,1H3. The maximum absolute atomic E-state index is 8.88. The molecule has 0 aliphatic carbocycles. The van der Waals surface area contributed by atoms with Gasteiger partial charge in [0.2, 0.25) is 0 Å². The first-order chi connectivity index (χ1) is 8.33. The molecule has 1 aliphatic rings. The first-order valence-corrected chi connectivity index (χ1v) is 5.75. The van der Waals surface area contributed by atoms with Gasteiger partial charge in [-0.15, -0.1) is 0 Å². The molecule has 1 aromatic rings. The third-order valence-corrected chi connectivity index (χ3v) is 2.97. The second-order valence-electron chi connectivity index (χ2n) is 4.15. The van der Waals surface area contributed by atoms with Crippen LogP contribution in [0.4, 0.5) is 5.69 Å². The highest BCUT2D eigenvalue weighted by Crippen LogP contribution is 2.20. The predicted molar refractivity (Wildman–Crippen MR) is 67.9 cm³/mol. The van der Waals surface area contributed by atoms with Gasteiger partial charge in [0, 0.05) is 25.9 Å². The van der Waals surface area contributed by atoms with Gasteiger partial charge in [0.1, 0.15) is 0 Å². The van der Waals surface area contributed by atoms with Gasteiger partial charge in [-0.1, -0.05) is 12.1 Å². The van der Waals surface area contributed by atoms with E-state index in [9.17, 15) is 0 Å². The average Bonchev–Trinajstić information content (AvgIpc) is 2.40. The molecule has 17 heavy (non-hydrogen) atoms. The smallest absolute Gasteiger partial charge is 0.0992 e. The van der Waals surface area contributed by atoms with Crippen molar-refractivity contribution in [1.82, 2.24) is 0 Å². The first-order valence-electron chi connectivity index (χ1n) is 5.75. The highest BCUT2D eigenvalue weighted by atomic mass is 16.5. The molecule has 1 aliphatic heterocycles. The van der Waals surface area contributed by atoms with Crippen molar-refractivity contribution in [2.24, 2.45) is 0 Å². The number of rotatable bonds is 3. The number of hydrogen-bond acceptors (Lipinski definition) is 3. The SMILES string of the molecule is COCC1=CCN(c2cccc(C#N)c2)CC1. The molecule has 0 aromatic heterocycles. The molecule has 0 N–H and O–H groups in total. The topological polar surface area (TPSA) is 36.3 Å². The summed E-state index contributed by atoms with van der Waals surface area (Å²) in [5.74, 6) is 0. The lowest BCUT2D eigenvalue weighted by atomic mass is 10.1. The van der Waals surface area contributed by atoms with Gasteiger partial charge in [0.15, 0.2) is 0 Å². The second kappa shape index (κ2) is 5.51. The summed E-state index contributed by atoms with van der Waals surface area (Å²) >= 11 is 0. The Morgan fingerprint density at radius 2 is 2.35 bits per heavy atom. The van der Waals surface area contributed by atoms with Gasteiger partial charge in [-0.25, -0.2) is 0 Å².